The van der Waals surface area contributed by atoms with Gasteiger partial charge < -0.3 is 5.73 Å². The molecule has 2 aromatic rings. The van der Waals surface area contributed by atoms with Crippen LogP contribution in [0.25, 0.3) is 0 Å². The number of thioether (sulfide) groups is 1. The van der Waals surface area contributed by atoms with Gasteiger partial charge in [0.05, 0.1) is 11.4 Å². The van der Waals surface area contributed by atoms with E-state index in [0.717, 1.165) is 17.1 Å². The van der Waals surface area contributed by atoms with E-state index in [9.17, 15) is 0 Å². The minimum absolute atomic E-state index is 0.346. The number of hydrazone groups is 2. The third kappa shape index (κ3) is 5.14. The van der Waals surface area contributed by atoms with Crippen LogP contribution < -0.4 is 16.6 Å². The van der Waals surface area contributed by atoms with E-state index in [2.05, 4.69) is 21.1 Å². The number of nitrogens with two attached hydrogens (primary N) is 1. The topological polar surface area (TPSA) is 74.8 Å². The van der Waals surface area contributed by atoms with Crippen LogP contribution in [0.5, 0.6) is 0 Å². The molecular weight excluding hydrogens is 294 g/mol. The number of nitrogens with one attached hydrogen (secondary N) is 2. The summed E-state index contributed by atoms with van der Waals surface area (Å²) in [6.45, 7) is 2.04. The summed E-state index contributed by atoms with van der Waals surface area (Å²) in [5, 5.41) is 9.16. The summed E-state index contributed by atoms with van der Waals surface area (Å²) in [6, 6.07) is 19.4. The summed E-state index contributed by atoms with van der Waals surface area (Å²) < 4.78 is 0. The molecule has 0 spiro atoms. The van der Waals surface area contributed by atoms with Crippen molar-refractivity contribution in [2.75, 3.05) is 16.6 Å². The Bertz CT molecular complexity index is 625. The molecule has 0 aliphatic heterocycles. The molecule has 2 aromatic carbocycles. The van der Waals surface area contributed by atoms with E-state index in [1.807, 2.05) is 67.6 Å². The molecule has 0 saturated heterocycles. The molecule has 0 unspecified atom stereocenters. The average molecular weight is 313 g/mol. The standard InChI is InChI=1S/C16H19N5S/c1-2-22-16(21-19-14-11-7-4-8-12-14)15(17)20-18-13-9-5-3-6-10-13/h3-12,18-19H,2H2,1H3,(H2,17,20)/b21-16+. The van der Waals surface area contributed by atoms with E-state index in [4.69, 9.17) is 5.73 Å². The monoisotopic (exact) mass is 313 g/mol. The fourth-order valence-corrected chi connectivity index (χ4v) is 2.19. The van der Waals surface area contributed by atoms with Gasteiger partial charge in [-0.2, -0.15) is 10.2 Å². The Hall–Kier alpha value is -2.47. The van der Waals surface area contributed by atoms with Gasteiger partial charge in [-0.05, 0) is 30.0 Å². The molecule has 114 valence electrons. The molecule has 6 heteroatoms. The Kier molecular flexibility index (Phi) is 6.32. The number of amidine groups is 1. The number of nitrogens with zero attached hydrogens (tertiary/aromatic N) is 2. The average Bonchev–Trinajstić information content (AvgIpc) is 2.58. The van der Waals surface area contributed by atoms with Crippen LogP contribution in [0.1, 0.15) is 6.92 Å². The molecule has 0 fully saturated rings. The molecule has 4 N–H and O–H groups in total. The normalized spacial score (nSPS) is 12.0. The fraction of sp³-hybridized carbons (Fsp3) is 0.125. The van der Waals surface area contributed by atoms with Gasteiger partial charge in [0.1, 0.15) is 0 Å². The number of anilines is 2. The number of hydrogen-bond acceptors (Lipinski definition) is 5. The molecule has 0 aliphatic rings. The maximum absolute atomic E-state index is 6.01. The summed E-state index contributed by atoms with van der Waals surface area (Å²) in [5.41, 5.74) is 13.7. The van der Waals surface area contributed by atoms with Gasteiger partial charge in [-0.1, -0.05) is 43.3 Å². The Morgan fingerprint density at radius 1 is 0.909 bits per heavy atom. The van der Waals surface area contributed by atoms with Crippen LogP contribution in [0.4, 0.5) is 11.4 Å². The van der Waals surface area contributed by atoms with E-state index in [0.29, 0.717) is 10.9 Å². The predicted octanol–water partition coefficient (Wildman–Crippen LogP) is 3.55. The Morgan fingerprint density at radius 3 is 1.91 bits per heavy atom. The second-order valence-corrected chi connectivity index (χ2v) is 5.56. The minimum Gasteiger partial charge on any atom is -0.380 e. The van der Waals surface area contributed by atoms with Crippen molar-refractivity contribution in [2.24, 2.45) is 15.9 Å². The second kappa shape index (κ2) is 8.74. The van der Waals surface area contributed by atoms with Gasteiger partial charge in [-0.25, -0.2) is 0 Å². The third-order valence-electron chi connectivity index (χ3n) is 2.64. The van der Waals surface area contributed by atoms with Crippen LogP contribution in [-0.4, -0.2) is 16.6 Å². The lowest BCUT2D eigenvalue weighted by Gasteiger charge is -2.07. The first-order valence-corrected chi connectivity index (χ1v) is 7.94. The van der Waals surface area contributed by atoms with E-state index < -0.39 is 0 Å². The molecular formula is C16H19N5S. The Balaban J connectivity index is 2.05. The lowest BCUT2D eigenvalue weighted by Crippen LogP contribution is -2.24. The number of hydrogen-bond donors (Lipinski definition) is 3. The second-order valence-electron chi connectivity index (χ2n) is 4.30. The largest absolute Gasteiger partial charge is 0.380 e. The van der Waals surface area contributed by atoms with Crippen molar-refractivity contribution in [3.8, 4) is 0 Å². The molecule has 2 rings (SSSR count). The molecule has 0 amide bonds. The lowest BCUT2D eigenvalue weighted by atomic mass is 10.3. The van der Waals surface area contributed by atoms with Crippen molar-refractivity contribution in [1.82, 2.24) is 0 Å². The third-order valence-corrected chi connectivity index (χ3v) is 3.50. The van der Waals surface area contributed by atoms with Crippen molar-refractivity contribution in [2.45, 2.75) is 6.92 Å². The molecule has 0 aliphatic carbocycles. The maximum atomic E-state index is 6.01. The summed E-state index contributed by atoms with van der Waals surface area (Å²) >= 11 is 1.53. The summed E-state index contributed by atoms with van der Waals surface area (Å²) in [6.07, 6.45) is 0. The summed E-state index contributed by atoms with van der Waals surface area (Å²) in [5.74, 6) is 1.20. The summed E-state index contributed by atoms with van der Waals surface area (Å²) in [7, 11) is 0. The van der Waals surface area contributed by atoms with Gasteiger partial charge in [-0.15, -0.1) is 11.8 Å². The quantitative estimate of drug-likeness (QED) is 0.448. The van der Waals surface area contributed by atoms with Crippen LogP contribution in [-0.2, 0) is 0 Å². The maximum Gasteiger partial charge on any atom is 0.178 e. The van der Waals surface area contributed by atoms with Gasteiger partial charge in [0.15, 0.2) is 10.9 Å². The highest BCUT2D eigenvalue weighted by Gasteiger charge is 2.05. The molecule has 0 aromatic heterocycles. The van der Waals surface area contributed by atoms with E-state index >= 15 is 0 Å². The summed E-state index contributed by atoms with van der Waals surface area (Å²) in [4.78, 5) is 0. The first kappa shape index (κ1) is 15.9. The van der Waals surface area contributed by atoms with Crippen molar-refractivity contribution >= 4 is 34.0 Å². The number of rotatable bonds is 5. The molecule has 0 atom stereocenters. The Morgan fingerprint density at radius 2 is 1.41 bits per heavy atom. The van der Waals surface area contributed by atoms with Crippen LogP contribution in [0, 0.1) is 0 Å². The number of benzene rings is 2. The zero-order chi connectivity index (χ0) is 15.6. The van der Waals surface area contributed by atoms with Gasteiger partial charge in [0.25, 0.3) is 0 Å². The molecule has 0 radical (unpaired) electrons. The highest BCUT2D eigenvalue weighted by Crippen LogP contribution is 2.09. The van der Waals surface area contributed by atoms with Crippen molar-refractivity contribution < 1.29 is 0 Å². The van der Waals surface area contributed by atoms with E-state index in [1.165, 1.54) is 11.8 Å². The van der Waals surface area contributed by atoms with Crippen LogP contribution in [0.15, 0.2) is 70.9 Å². The lowest BCUT2D eigenvalue weighted by molar-refractivity contribution is 1.31. The minimum atomic E-state index is 0.346. The van der Waals surface area contributed by atoms with Gasteiger partial charge in [-0.3, -0.25) is 10.9 Å². The Labute approximate surface area is 134 Å². The molecule has 22 heavy (non-hydrogen) atoms. The first-order valence-electron chi connectivity index (χ1n) is 6.95. The predicted molar refractivity (Wildman–Crippen MR) is 97.3 cm³/mol. The van der Waals surface area contributed by atoms with Gasteiger partial charge in [0, 0.05) is 0 Å². The van der Waals surface area contributed by atoms with E-state index in [1.54, 1.807) is 0 Å². The van der Waals surface area contributed by atoms with Gasteiger partial charge in [0.2, 0.25) is 0 Å². The van der Waals surface area contributed by atoms with Crippen molar-refractivity contribution in [3.63, 3.8) is 0 Å². The SMILES string of the molecule is CCSC(=N/Nc1ccccc1)/C(N)=N\Nc1ccccc1. The first-order chi connectivity index (χ1) is 10.8. The molecule has 5 nitrogen and oxygen atoms in total. The smallest absolute Gasteiger partial charge is 0.178 e. The zero-order valence-electron chi connectivity index (χ0n) is 12.4. The highest BCUT2D eigenvalue weighted by molar-refractivity contribution is 8.15. The van der Waals surface area contributed by atoms with Crippen LogP contribution in [0.2, 0.25) is 0 Å². The number of para-hydroxylation sites is 2. The fourth-order valence-electron chi connectivity index (χ4n) is 1.61. The highest BCUT2D eigenvalue weighted by atomic mass is 32.2. The molecule has 0 saturated carbocycles. The van der Waals surface area contributed by atoms with Crippen molar-refractivity contribution in [1.29, 1.82) is 0 Å². The van der Waals surface area contributed by atoms with Crippen LogP contribution in [0.3, 0.4) is 0 Å². The van der Waals surface area contributed by atoms with Crippen molar-refractivity contribution in [3.05, 3.63) is 60.7 Å². The molecule has 0 heterocycles. The van der Waals surface area contributed by atoms with Crippen LogP contribution >= 0.6 is 11.8 Å². The molecule has 0 bridgehead atoms. The van der Waals surface area contributed by atoms with E-state index in [-0.39, 0.29) is 0 Å². The van der Waals surface area contributed by atoms with Gasteiger partial charge >= 0.3 is 0 Å². The zero-order valence-corrected chi connectivity index (χ0v) is 13.2.